The van der Waals surface area contributed by atoms with Crippen LogP contribution in [0.2, 0.25) is 0 Å². The topological polar surface area (TPSA) is 78.9 Å². The number of hydrogen-bond acceptors (Lipinski definition) is 6. The lowest BCUT2D eigenvalue weighted by Gasteiger charge is -2.18. The van der Waals surface area contributed by atoms with Crippen LogP contribution in [0.5, 0.6) is 0 Å². The zero-order chi connectivity index (χ0) is 55.7. The van der Waals surface area contributed by atoms with Crippen molar-refractivity contribution in [2.45, 2.75) is 297 Å². The number of rotatable bonds is 57. The van der Waals surface area contributed by atoms with Gasteiger partial charge in [0, 0.05) is 19.3 Å². The fraction of sp³-hybridized carbons (Fsp3) is 0.676. The van der Waals surface area contributed by atoms with E-state index in [2.05, 4.69) is 142 Å². The van der Waals surface area contributed by atoms with Gasteiger partial charge in [0.15, 0.2) is 6.10 Å². The van der Waals surface area contributed by atoms with E-state index < -0.39 is 6.10 Å². The summed E-state index contributed by atoms with van der Waals surface area (Å²) in [6, 6.07) is 0. The fourth-order valence-corrected chi connectivity index (χ4v) is 8.73. The van der Waals surface area contributed by atoms with Crippen molar-refractivity contribution in [3.8, 4) is 0 Å². The Labute approximate surface area is 475 Å². The molecule has 6 heteroatoms. The quantitative estimate of drug-likeness (QED) is 0.0261. The first-order valence-corrected chi connectivity index (χ1v) is 32.0. The third-order valence-electron chi connectivity index (χ3n) is 13.5. The Balaban J connectivity index is 4.26. The molecule has 0 fully saturated rings. The number of allylic oxidation sites excluding steroid dienone is 20. The third-order valence-corrected chi connectivity index (χ3v) is 13.5. The predicted octanol–water partition coefficient (Wildman–Crippen LogP) is 22.0. The second-order valence-corrected chi connectivity index (χ2v) is 20.9. The first-order valence-electron chi connectivity index (χ1n) is 32.0. The van der Waals surface area contributed by atoms with Crippen LogP contribution in [-0.4, -0.2) is 37.2 Å². The van der Waals surface area contributed by atoms with Gasteiger partial charge in [0.2, 0.25) is 0 Å². The van der Waals surface area contributed by atoms with Gasteiger partial charge in [-0.1, -0.05) is 284 Å². The van der Waals surface area contributed by atoms with Gasteiger partial charge < -0.3 is 14.2 Å². The van der Waals surface area contributed by atoms with E-state index in [1.54, 1.807) is 0 Å². The van der Waals surface area contributed by atoms with E-state index >= 15 is 0 Å². The van der Waals surface area contributed by atoms with Crippen LogP contribution in [0.4, 0.5) is 0 Å². The Bertz CT molecular complexity index is 1600. The van der Waals surface area contributed by atoms with Crippen LogP contribution in [0.3, 0.4) is 0 Å². The Morgan fingerprint density at radius 2 is 0.506 bits per heavy atom. The Hall–Kier alpha value is -4.19. The molecule has 0 aliphatic carbocycles. The van der Waals surface area contributed by atoms with Crippen molar-refractivity contribution in [3.63, 3.8) is 0 Å². The molecule has 0 aromatic rings. The first kappa shape index (κ1) is 72.8. The molecule has 0 N–H and O–H groups in total. The van der Waals surface area contributed by atoms with Crippen LogP contribution in [0.25, 0.3) is 0 Å². The van der Waals surface area contributed by atoms with Crippen molar-refractivity contribution in [3.05, 3.63) is 122 Å². The number of ether oxygens (including phenoxy) is 3. The molecule has 0 aliphatic heterocycles. The minimum absolute atomic E-state index is 0.0822. The summed E-state index contributed by atoms with van der Waals surface area (Å²) in [6.07, 6.45) is 89.2. The number of esters is 3. The normalized spacial score (nSPS) is 12.9. The zero-order valence-corrected chi connectivity index (χ0v) is 50.2. The van der Waals surface area contributed by atoms with Crippen molar-refractivity contribution in [2.24, 2.45) is 0 Å². The molecule has 77 heavy (non-hydrogen) atoms. The summed E-state index contributed by atoms with van der Waals surface area (Å²) in [5, 5.41) is 0. The molecule has 0 rings (SSSR count). The highest BCUT2D eigenvalue weighted by molar-refractivity contribution is 5.71. The highest BCUT2D eigenvalue weighted by Crippen LogP contribution is 2.16. The van der Waals surface area contributed by atoms with Gasteiger partial charge in [-0.15, -0.1) is 0 Å². The number of hydrogen-bond donors (Lipinski definition) is 0. The zero-order valence-electron chi connectivity index (χ0n) is 50.2. The van der Waals surface area contributed by atoms with E-state index in [1.807, 2.05) is 0 Å². The summed E-state index contributed by atoms with van der Waals surface area (Å²) in [4.78, 5) is 38.2. The number of unbranched alkanes of at least 4 members (excludes halogenated alkanes) is 26. The lowest BCUT2D eigenvalue weighted by Crippen LogP contribution is -2.30. The average molecular weight is 1070 g/mol. The predicted molar refractivity (Wildman–Crippen MR) is 334 cm³/mol. The van der Waals surface area contributed by atoms with Crippen LogP contribution in [0.1, 0.15) is 290 Å². The molecule has 0 bridgehead atoms. The average Bonchev–Trinajstić information content (AvgIpc) is 3.43. The van der Waals surface area contributed by atoms with Crippen LogP contribution in [-0.2, 0) is 28.6 Å². The first-order chi connectivity index (χ1) is 38.0. The summed E-state index contributed by atoms with van der Waals surface area (Å²) in [5.74, 6) is -0.893. The highest BCUT2D eigenvalue weighted by atomic mass is 16.6. The van der Waals surface area contributed by atoms with Gasteiger partial charge in [-0.3, -0.25) is 14.4 Å². The minimum atomic E-state index is -0.785. The summed E-state index contributed by atoms with van der Waals surface area (Å²) in [5.41, 5.74) is 0. The molecule has 0 spiro atoms. The van der Waals surface area contributed by atoms with Crippen LogP contribution >= 0.6 is 0 Å². The van der Waals surface area contributed by atoms with Gasteiger partial charge in [-0.05, 0) is 109 Å². The lowest BCUT2D eigenvalue weighted by atomic mass is 10.0. The van der Waals surface area contributed by atoms with Gasteiger partial charge in [0.1, 0.15) is 13.2 Å². The van der Waals surface area contributed by atoms with Crippen molar-refractivity contribution in [1.29, 1.82) is 0 Å². The molecular weight excluding hydrogens is 949 g/mol. The molecule has 0 saturated heterocycles. The molecule has 1 atom stereocenters. The molecule has 1 unspecified atom stereocenters. The van der Waals surface area contributed by atoms with E-state index in [0.717, 1.165) is 128 Å². The van der Waals surface area contributed by atoms with Crippen LogP contribution in [0.15, 0.2) is 122 Å². The van der Waals surface area contributed by atoms with Gasteiger partial charge in [0.25, 0.3) is 0 Å². The number of carbonyl (C=O) groups excluding carboxylic acids is 3. The minimum Gasteiger partial charge on any atom is -0.462 e. The van der Waals surface area contributed by atoms with E-state index in [-0.39, 0.29) is 31.1 Å². The van der Waals surface area contributed by atoms with Crippen LogP contribution in [0, 0.1) is 0 Å². The molecule has 6 nitrogen and oxygen atoms in total. The molecule has 0 aromatic heterocycles. The molecule has 0 aromatic carbocycles. The Morgan fingerprint density at radius 1 is 0.273 bits per heavy atom. The Morgan fingerprint density at radius 3 is 0.792 bits per heavy atom. The second-order valence-electron chi connectivity index (χ2n) is 20.9. The second kappa shape index (κ2) is 64.3. The molecule has 0 aliphatic rings. The third kappa shape index (κ3) is 62.5. The van der Waals surface area contributed by atoms with Crippen molar-refractivity contribution < 1.29 is 28.6 Å². The molecule has 0 amide bonds. The van der Waals surface area contributed by atoms with Gasteiger partial charge in [-0.2, -0.15) is 0 Å². The maximum absolute atomic E-state index is 12.9. The number of carbonyl (C=O) groups is 3. The lowest BCUT2D eigenvalue weighted by molar-refractivity contribution is -0.167. The largest absolute Gasteiger partial charge is 0.462 e. The van der Waals surface area contributed by atoms with E-state index in [4.69, 9.17) is 14.2 Å². The van der Waals surface area contributed by atoms with E-state index in [1.165, 1.54) is 122 Å². The van der Waals surface area contributed by atoms with Crippen molar-refractivity contribution in [2.75, 3.05) is 13.2 Å². The molecule has 0 saturated carbocycles. The molecule has 0 radical (unpaired) electrons. The van der Waals surface area contributed by atoms with Gasteiger partial charge in [0.05, 0.1) is 0 Å². The summed E-state index contributed by atoms with van der Waals surface area (Å²) in [7, 11) is 0. The maximum atomic E-state index is 12.9. The van der Waals surface area contributed by atoms with Crippen molar-refractivity contribution >= 4 is 17.9 Å². The molecule has 0 heterocycles. The summed E-state index contributed by atoms with van der Waals surface area (Å²) < 4.78 is 16.9. The standard InChI is InChI=1S/C71H118O6/c1-4-7-10-13-16-19-21-23-25-27-29-31-33-34-35-36-38-39-41-43-45-47-49-52-55-58-61-64-70(73)76-67-68(66-75-69(72)63-60-57-54-51-18-15-12-9-6-3)77-71(74)65-62-59-56-53-50-48-46-44-42-40-37-32-30-28-26-24-22-20-17-14-11-8-5-2/h7-8,10-11,16-17,19-20,23-26,29-32,34-35,38-39,68H,4-6,9,12-15,18,21-22,27-28,33,36-37,40-67H2,1-3H3/b10-7-,11-8-,19-16-,20-17-,25-23-,26-24-,31-29-,32-30-,35-34-,39-38-. The molecule has 438 valence electrons. The monoisotopic (exact) mass is 1070 g/mol. The maximum Gasteiger partial charge on any atom is 0.306 e. The van der Waals surface area contributed by atoms with E-state index in [9.17, 15) is 14.4 Å². The smallest absolute Gasteiger partial charge is 0.306 e. The summed E-state index contributed by atoms with van der Waals surface area (Å²) >= 11 is 0. The SMILES string of the molecule is CC/C=C\C/C=C\C/C=C\C/C=C\C/C=C\C/C=C\CCCCCCCCCCC(=O)OCC(COC(=O)CCCCCCCCCCC)OC(=O)CCCCCCCCCCCC/C=C\C/C=C\C/C=C\C/C=C\CC. The molecular formula is C71H118O6. The van der Waals surface area contributed by atoms with Crippen LogP contribution < -0.4 is 0 Å². The van der Waals surface area contributed by atoms with Gasteiger partial charge in [-0.25, -0.2) is 0 Å². The van der Waals surface area contributed by atoms with E-state index in [0.29, 0.717) is 19.3 Å². The van der Waals surface area contributed by atoms with Gasteiger partial charge >= 0.3 is 17.9 Å². The summed E-state index contributed by atoms with van der Waals surface area (Å²) in [6.45, 7) is 6.40. The van der Waals surface area contributed by atoms with Crippen molar-refractivity contribution in [1.82, 2.24) is 0 Å². The highest BCUT2D eigenvalue weighted by Gasteiger charge is 2.19. The fourth-order valence-electron chi connectivity index (χ4n) is 8.73. The Kier molecular flexibility index (Phi) is 60.8.